The number of aromatic amines is 1. The molecule has 0 aliphatic heterocycles. The van der Waals surface area contributed by atoms with Crippen molar-refractivity contribution in [1.82, 2.24) is 10.2 Å². The second kappa shape index (κ2) is 6.09. The van der Waals surface area contributed by atoms with Crippen molar-refractivity contribution in [2.24, 2.45) is 5.92 Å². The van der Waals surface area contributed by atoms with E-state index in [-0.39, 0.29) is 5.91 Å². The Morgan fingerprint density at radius 2 is 2.15 bits per heavy atom. The molecule has 20 heavy (non-hydrogen) atoms. The number of amides is 1. The summed E-state index contributed by atoms with van der Waals surface area (Å²) in [5.74, 6) is 0.276. The van der Waals surface area contributed by atoms with E-state index in [1.807, 2.05) is 19.1 Å². The van der Waals surface area contributed by atoms with Gasteiger partial charge in [0.25, 0.3) is 5.91 Å². The normalized spacial score (nSPS) is 10.8. The molecule has 0 bridgehead atoms. The molecule has 1 aromatic heterocycles. The molecule has 0 atom stereocenters. The molecule has 1 aromatic carbocycles. The van der Waals surface area contributed by atoms with E-state index in [4.69, 9.17) is 11.6 Å². The topological polar surface area (TPSA) is 57.8 Å². The van der Waals surface area contributed by atoms with Gasteiger partial charge in [-0.2, -0.15) is 5.10 Å². The van der Waals surface area contributed by atoms with E-state index in [2.05, 4.69) is 29.4 Å². The Bertz CT molecular complexity index is 619. The molecule has 4 nitrogen and oxygen atoms in total. The Hall–Kier alpha value is -1.81. The molecule has 1 amide bonds. The lowest BCUT2D eigenvalue weighted by molar-refractivity contribution is 0.102. The minimum absolute atomic E-state index is 0.240. The maximum atomic E-state index is 12.1. The summed E-state index contributed by atoms with van der Waals surface area (Å²) < 4.78 is 0. The van der Waals surface area contributed by atoms with Gasteiger partial charge in [-0.15, -0.1) is 0 Å². The molecule has 2 N–H and O–H groups in total. The van der Waals surface area contributed by atoms with E-state index >= 15 is 0 Å². The monoisotopic (exact) mass is 291 g/mol. The maximum absolute atomic E-state index is 12.1. The van der Waals surface area contributed by atoms with Crippen molar-refractivity contribution in [2.45, 2.75) is 27.2 Å². The van der Waals surface area contributed by atoms with Crippen molar-refractivity contribution in [1.29, 1.82) is 0 Å². The van der Waals surface area contributed by atoms with Crippen LogP contribution >= 0.6 is 11.6 Å². The number of aromatic nitrogens is 2. The van der Waals surface area contributed by atoms with Gasteiger partial charge in [-0.1, -0.05) is 31.5 Å². The third-order valence-electron chi connectivity index (χ3n) is 2.92. The molecule has 0 radical (unpaired) electrons. The second-order valence-corrected chi connectivity index (χ2v) is 5.70. The molecule has 2 rings (SSSR count). The van der Waals surface area contributed by atoms with Crippen LogP contribution in [0.2, 0.25) is 5.02 Å². The van der Waals surface area contributed by atoms with Crippen LogP contribution in [0.3, 0.4) is 0 Å². The molecule has 0 fully saturated rings. The Labute approximate surface area is 123 Å². The van der Waals surface area contributed by atoms with Gasteiger partial charge < -0.3 is 5.32 Å². The number of rotatable bonds is 4. The SMILES string of the molecule is Cc1ccc(NC(=O)c2cc(CC(C)C)[nH]n2)cc1Cl. The van der Waals surface area contributed by atoms with Crippen molar-refractivity contribution in [3.05, 3.63) is 46.2 Å². The fourth-order valence-corrected chi connectivity index (χ4v) is 2.07. The van der Waals surface area contributed by atoms with Crippen LogP contribution in [0.1, 0.15) is 35.6 Å². The zero-order chi connectivity index (χ0) is 14.7. The number of hydrogen-bond acceptors (Lipinski definition) is 2. The fourth-order valence-electron chi connectivity index (χ4n) is 1.89. The number of H-pyrrole nitrogens is 1. The number of anilines is 1. The van der Waals surface area contributed by atoms with E-state index in [0.717, 1.165) is 17.7 Å². The lowest BCUT2D eigenvalue weighted by Crippen LogP contribution is -2.12. The Kier molecular flexibility index (Phi) is 4.45. The third-order valence-corrected chi connectivity index (χ3v) is 3.33. The molecule has 0 unspecified atom stereocenters. The van der Waals surface area contributed by atoms with Crippen LogP contribution in [0.15, 0.2) is 24.3 Å². The number of benzene rings is 1. The Morgan fingerprint density at radius 1 is 1.40 bits per heavy atom. The maximum Gasteiger partial charge on any atom is 0.276 e. The average molecular weight is 292 g/mol. The lowest BCUT2D eigenvalue weighted by atomic mass is 10.1. The minimum Gasteiger partial charge on any atom is -0.321 e. The van der Waals surface area contributed by atoms with Crippen molar-refractivity contribution in [2.75, 3.05) is 5.32 Å². The highest BCUT2D eigenvalue weighted by molar-refractivity contribution is 6.31. The van der Waals surface area contributed by atoms with Crippen molar-refractivity contribution < 1.29 is 4.79 Å². The zero-order valence-electron chi connectivity index (χ0n) is 11.8. The first-order valence-electron chi connectivity index (χ1n) is 6.57. The fraction of sp³-hybridized carbons (Fsp3) is 0.333. The molecular formula is C15H18ClN3O. The number of halogens is 1. The van der Waals surface area contributed by atoms with E-state index in [1.165, 1.54) is 0 Å². The van der Waals surface area contributed by atoms with Crippen LogP contribution in [0.25, 0.3) is 0 Å². The molecular weight excluding hydrogens is 274 g/mol. The average Bonchev–Trinajstić information content (AvgIpc) is 2.81. The van der Waals surface area contributed by atoms with Gasteiger partial charge in [-0.05, 0) is 43.0 Å². The van der Waals surface area contributed by atoms with Crippen molar-refractivity contribution in [3.63, 3.8) is 0 Å². The van der Waals surface area contributed by atoms with Gasteiger partial charge in [0.05, 0.1) is 0 Å². The van der Waals surface area contributed by atoms with Gasteiger partial charge in [0, 0.05) is 16.4 Å². The highest BCUT2D eigenvalue weighted by atomic mass is 35.5. The van der Waals surface area contributed by atoms with E-state index in [1.54, 1.807) is 12.1 Å². The summed E-state index contributed by atoms with van der Waals surface area (Å²) in [7, 11) is 0. The standard InChI is InChI=1S/C15H18ClN3O/c1-9(2)6-12-8-14(19-18-12)15(20)17-11-5-4-10(3)13(16)7-11/h4-5,7-9H,6H2,1-3H3,(H,17,20)(H,18,19). The quantitative estimate of drug-likeness (QED) is 0.899. The first kappa shape index (κ1) is 14.6. The predicted octanol–water partition coefficient (Wildman–Crippen LogP) is 3.82. The largest absolute Gasteiger partial charge is 0.321 e. The van der Waals surface area contributed by atoms with Crippen LogP contribution < -0.4 is 5.32 Å². The summed E-state index contributed by atoms with van der Waals surface area (Å²) in [6.45, 7) is 6.16. The van der Waals surface area contributed by atoms with Gasteiger partial charge in [0.2, 0.25) is 0 Å². The Morgan fingerprint density at radius 3 is 2.80 bits per heavy atom. The zero-order valence-corrected chi connectivity index (χ0v) is 12.6. The number of aryl methyl sites for hydroxylation is 1. The first-order chi connectivity index (χ1) is 9.45. The van der Waals surface area contributed by atoms with Crippen molar-refractivity contribution in [3.8, 4) is 0 Å². The van der Waals surface area contributed by atoms with Crippen molar-refractivity contribution >= 4 is 23.2 Å². The molecule has 0 spiro atoms. The molecule has 106 valence electrons. The molecule has 5 heteroatoms. The van der Waals surface area contributed by atoms with Gasteiger partial charge in [0.15, 0.2) is 5.69 Å². The van der Waals surface area contributed by atoms with Crippen LogP contribution in [0.5, 0.6) is 0 Å². The van der Waals surface area contributed by atoms with Gasteiger partial charge in [-0.3, -0.25) is 9.89 Å². The van der Waals surface area contributed by atoms with Crippen LogP contribution in [0.4, 0.5) is 5.69 Å². The van der Waals surface area contributed by atoms with E-state index in [9.17, 15) is 4.79 Å². The summed E-state index contributed by atoms with van der Waals surface area (Å²) in [5.41, 5.74) is 2.99. The predicted molar refractivity (Wildman–Crippen MR) is 81.3 cm³/mol. The summed E-state index contributed by atoms with van der Waals surface area (Å²) in [5, 5.41) is 10.3. The summed E-state index contributed by atoms with van der Waals surface area (Å²) in [4.78, 5) is 12.1. The number of hydrogen-bond donors (Lipinski definition) is 2. The smallest absolute Gasteiger partial charge is 0.276 e. The van der Waals surface area contributed by atoms with Crippen LogP contribution in [0, 0.1) is 12.8 Å². The van der Waals surface area contributed by atoms with Gasteiger partial charge >= 0.3 is 0 Å². The number of nitrogens with zero attached hydrogens (tertiary/aromatic N) is 1. The highest BCUT2D eigenvalue weighted by Gasteiger charge is 2.12. The van der Waals surface area contributed by atoms with E-state index < -0.39 is 0 Å². The lowest BCUT2D eigenvalue weighted by Gasteiger charge is -2.05. The molecule has 0 saturated carbocycles. The summed E-state index contributed by atoms with van der Waals surface area (Å²) in [6.07, 6.45) is 0.872. The number of carbonyl (C=O) groups excluding carboxylic acids is 1. The minimum atomic E-state index is -0.240. The highest BCUT2D eigenvalue weighted by Crippen LogP contribution is 2.20. The molecule has 0 saturated heterocycles. The molecule has 2 aromatic rings. The van der Waals surface area contributed by atoms with Gasteiger partial charge in [0.1, 0.15) is 0 Å². The van der Waals surface area contributed by atoms with E-state index in [0.29, 0.717) is 22.3 Å². The number of carbonyl (C=O) groups is 1. The Balaban J connectivity index is 2.07. The second-order valence-electron chi connectivity index (χ2n) is 5.29. The van der Waals surface area contributed by atoms with Crippen LogP contribution in [-0.2, 0) is 6.42 Å². The molecule has 1 heterocycles. The van der Waals surface area contributed by atoms with Crippen LogP contribution in [-0.4, -0.2) is 16.1 Å². The first-order valence-corrected chi connectivity index (χ1v) is 6.95. The third kappa shape index (κ3) is 3.61. The molecule has 0 aliphatic carbocycles. The summed E-state index contributed by atoms with van der Waals surface area (Å²) in [6, 6.07) is 7.20. The molecule has 0 aliphatic rings. The summed E-state index contributed by atoms with van der Waals surface area (Å²) >= 11 is 6.03. The number of nitrogens with one attached hydrogen (secondary N) is 2. The van der Waals surface area contributed by atoms with Gasteiger partial charge in [-0.25, -0.2) is 0 Å².